The maximum absolute atomic E-state index is 2.54. The molecule has 0 bridgehead atoms. The zero-order valence-electron chi connectivity index (χ0n) is 17.7. The van der Waals surface area contributed by atoms with Gasteiger partial charge in [-0.05, 0) is 70.2 Å². The normalized spacial score (nSPS) is 19.7. The van der Waals surface area contributed by atoms with E-state index >= 15 is 0 Å². The van der Waals surface area contributed by atoms with Crippen LogP contribution >= 0.6 is 0 Å². The third-order valence-corrected chi connectivity index (χ3v) is 6.13. The molecule has 0 heterocycles. The van der Waals surface area contributed by atoms with Crippen LogP contribution in [-0.2, 0) is 12.8 Å². The standard InChI is InChI=1S/C26H36/c1-7-19-10-8-11-21(16-19)22-14-13-20(18-25(2,3)4)17-23(22)24-12-9-15-26(24,5)6/h8,10-11,13-14,16-17,24H,7,9,12,15,18H2,1-6H3/t24-/m1/s1. The molecule has 3 rings (SSSR count). The van der Waals surface area contributed by atoms with Crippen molar-refractivity contribution < 1.29 is 0 Å². The molecule has 2 aromatic carbocycles. The third kappa shape index (κ3) is 4.22. The molecule has 140 valence electrons. The first-order chi connectivity index (χ1) is 12.2. The zero-order valence-corrected chi connectivity index (χ0v) is 17.7. The molecule has 1 aliphatic carbocycles. The highest BCUT2D eigenvalue weighted by atomic mass is 14.4. The van der Waals surface area contributed by atoms with Crippen molar-refractivity contribution in [1.82, 2.24) is 0 Å². The summed E-state index contributed by atoms with van der Waals surface area (Å²) in [5.41, 5.74) is 8.08. The van der Waals surface area contributed by atoms with Crippen LogP contribution < -0.4 is 0 Å². The van der Waals surface area contributed by atoms with Crippen LogP contribution in [0.4, 0.5) is 0 Å². The number of benzene rings is 2. The summed E-state index contributed by atoms with van der Waals surface area (Å²) >= 11 is 0. The van der Waals surface area contributed by atoms with Crippen molar-refractivity contribution in [3.05, 3.63) is 59.2 Å². The Morgan fingerprint density at radius 1 is 1.00 bits per heavy atom. The SMILES string of the molecule is CCc1cccc(-c2ccc(CC(C)(C)C)cc2[C@H]2CCCC2(C)C)c1. The Hall–Kier alpha value is -1.56. The molecule has 0 spiro atoms. The molecule has 1 aliphatic rings. The van der Waals surface area contributed by atoms with E-state index in [0.717, 1.165) is 12.8 Å². The predicted octanol–water partition coefficient (Wildman–Crippen LogP) is 7.80. The second-order valence-electron chi connectivity index (χ2n) is 10.1. The Morgan fingerprint density at radius 3 is 2.38 bits per heavy atom. The summed E-state index contributed by atoms with van der Waals surface area (Å²) in [6.45, 7) is 14.2. The summed E-state index contributed by atoms with van der Waals surface area (Å²) in [5.74, 6) is 0.669. The molecular formula is C26H36. The minimum atomic E-state index is 0.326. The molecule has 0 heteroatoms. The second kappa shape index (κ2) is 7.22. The molecule has 2 aromatic rings. The molecule has 1 fully saturated rings. The highest BCUT2D eigenvalue weighted by Crippen LogP contribution is 2.51. The fourth-order valence-corrected chi connectivity index (χ4v) is 4.75. The molecule has 0 saturated heterocycles. The average molecular weight is 349 g/mol. The van der Waals surface area contributed by atoms with Crippen LogP contribution in [0, 0.1) is 10.8 Å². The van der Waals surface area contributed by atoms with Crippen molar-refractivity contribution >= 4 is 0 Å². The minimum absolute atomic E-state index is 0.326. The Labute approximate surface area is 161 Å². The van der Waals surface area contributed by atoms with Gasteiger partial charge in [0.1, 0.15) is 0 Å². The highest BCUT2D eigenvalue weighted by Gasteiger charge is 2.36. The fraction of sp³-hybridized carbons (Fsp3) is 0.538. The van der Waals surface area contributed by atoms with Gasteiger partial charge in [0.25, 0.3) is 0 Å². The summed E-state index contributed by atoms with van der Waals surface area (Å²) in [7, 11) is 0. The lowest BCUT2D eigenvalue weighted by molar-refractivity contribution is 0.332. The maximum Gasteiger partial charge on any atom is -0.0104 e. The largest absolute Gasteiger partial charge is 0.0614 e. The van der Waals surface area contributed by atoms with E-state index in [1.54, 1.807) is 5.56 Å². The molecule has 0 unspecified atom stereocenters. The molecule has 0 nitrogen and oxygen atoms in total. The van der Waals surface area contributed by atoms with Crippen LogP contribution in [0.3, 0.4) is 0 Å². The number of hydrogen-bond donors (Lipinski definition) is 0. The van der Waals surface area contributed by atoms with Crippen LogP contribution in [0.25, 0.3) is 11.1 Å². The van der Waals surface area contributed by atoms with E-state index in [1.165, 1.54) is 41.5 Å². The molecular weight excluding hydrogens is 312 g/mol. The van der Waals surface area contributed by atoms with Gasteiger partial charge in [-0.15, -0.1) is 0 Å². The summed E-state index contributed by atoms with van der Waals surface area (Å²) < 4.78 is 0. The fourth-order valence-electron chi connectivity index (χ4n) is 4.75. The Kier molecular flexibility index (Phi) is 5.33. The van der Waals surface area contributed by atoms with Gasteiger partial charge in [0.05, 0.1) is 0 Å². The van der Waals surface area contributed by atoms with E-state index in [9.17, 15) is 0 Å². The van der Waals surface area contributed by atoms with Crippen LogP contribution in [0.5, 0.6) is 0 Å². The van der Waals surface area contributed by atoms with Gasteiger partial charge in [-0.25, -0.2) is 0 Å². The molecule has 1 saturated carbocycles. The van der Waals surface area contributed by atoms with Crippen LogP contribution in [0.1, 0.15) is 83.4 Å². The predicted molar refractivity (Wildman–Crippen MR) is 115 cm³/mol. The first-order valence-electron chi connectivity index (χ1n) is 10.4. The molecule has 26 heavy (non-hydrogen) atoms. The van der Waals surface area contributed by atoms with Gasteiger partial charge in [0, 0.05) is 0 Å². The first-order valence-corrected chi connectivity index (χ1v) is 10.4. The van der Waals surface area contributed by atoms with E-state index < -0.39 is 0 Å². The molecule has 0 amide bonds. The second-order valence-corrected chi connectivity index (χ2v) is 10.1. The Bertz CT molecular complexity index is 758. The van der Waals surface area contributed by atoms with E-state index in [1.807, 2.05) is 0 Å². The van der Waals surface area contributed by atoms with Crippen LogP contribution in [0.15, 0.2) is 42.5 Å². The Balaban J connectivity index is 2.11. The highest BCUT2D eigenvalue weighted by molar-refractivity contribution is 5.69. The summed E-state index contributed by atoms with van der Waals surface area (Å²) in [6.07, 6.45) is 6.26. The van der Waals surface area contributed by atoms with Crippen LogP contribution in [0.2, 0.25) is 0 Å². The first kappa shape index (κ1) is 19.2. The summed E-state index contributed by atoms with van der Waals surface area (Å²) in [6, 6.07) is 16.5. The summed E-state index contributed by atoms with van der Waals surface area (Å²) in [5, 5.41) is 0. The molecule has 0 aromatic heterocycles. The molecule has 0 N–H and O–H groups in total. The van der Waals surface area contributed by atoms with E-state index in [0.29, 0.717) is 16.7 Å². The lowest BCUT2D eigenvalue weighted by Crippen LogP contribution is -2.17. The van der Waals surface area contributed by atoms with Crippen molar-refractivity contribution in [3.63, 3.8) is 0 Å². The summed E-state index contributed by atoms with van der Waals surface area (Å²) in [4.78, 5) is 0. The molecule has 1 atom stereocenters. The van der Waals surface area contributed by atoms with Crippen molar-refractivity contribution in [2.45, 2.75) is 79.6 Å². The van der Waals surface area contributed by atoms with Gasteiger partial charge < -0.3 is 0 Å². The van der Waals surface area contributed by atoms with E-state index in [4.69, 9.17) is 0 Å². The maximum atomic E-state index is 2.54. The van der Waals surface area contributed by atoms with Crippen molar-refractivity contribution in [2.75, 3.05) is 0 Å². The minimum Gasteiger partial charge on any atom is -0.0614 e. The van der Waals surface area contributed by atoms with Gasteiger partial charge in [-0.1, -0.05) is 90.4 Å². The lowest BCUT2D eigenvalue weighted by Gasteiger charge is -2.30. The van der Waals surface area contributed by atoms with Crippen molar-refractivity contribution in [1.29, 1.82) is 0 Å². The van der Waals surface area contributed by atoms with E-state index in [-0.39, 0.29) is 0 Å². The van der Waals surface area contributed by atoms with Crippen LogP contribution in [-0.4, -0.2) is 0 Å². The van der Waals surface area contributed by atoms with Gasteiger partial charge >= 0.3 is 0 Å². The lowest BCUT2D eigenvalue weighted by atomic mass is 9.74. The topological polar surface area (TPSA) is 0 Å². The number of rotatable bonds is 4. The van der Waals surface area contributed by atoms with Crippen molar-refractivity contribution in [2.24, 2.45) is 10.8 Å². The van der Waals surface area contributed by atoms with Gasteiger partial charge in [-0.2, -0.15) is 0 Å². The number of hydrogen-bond acceptors (Lipinski definition) is 0. The van der Waals surface area contributed by atoms with Crippen molar-refractivity contribution in [3.8, 4) is 11.1 Å². The van der Waals surface area contributed by atoms with Gasteiger partial charge in [-0.3, -0.25) is 0 Å². The quantitative estimate of drug-likeness (QED) is 0.528. The number of aryl methyl sites for hydroxylation is 1. The smallest absolute Gasteiger partial charge is 0.0104 e. The third-order valence-electron chi connectivity index (χ3n) is 6.13. The molecule has 0 radical (unpaired) electrons. The molecule has 0 aliphatic heterocycles. The zero-order chi connectivity index (χ0) is 18.9. The van der Waals surface area contributed by atoms with Gasteiger partial charge in [0.15, 0.2) is 0 Å². The van der Waals surface area contributed by atoms with E-state index in [2.05, 4.69) is 84.0 Å². The monoisotopic (exact) mass is 348 g/mol. The Morgan fingerprint density at radius 2 is 1.77 bits per heavy atom. The van der Waals surface area contributed by atoms with Gasteiger partial charge in [0.2, 0.25) is 0 Å². The average Bonchev–Trinajstić information content (AvgIpc) is 2.92.